The van der Waals surface area contributed by atoms with Gasteiger partial charge in [0.15, 0.2) is 21.3 Å². The monoisotopic (exact) mass is 269 g/mol. The summed E-state index contributed by atoms with van der Waals surface area (Å²) in [4.78, 5) is 0. The van der Waals surface area contributed by atoms with E-state index in [-0.39, 0.29) is 17.5 Å². The van der Waals surface area contributed by atoms with Gasteiger partial charge in [0.25, 0.3) is 0 Å². The van der Waals surface area contributed by atoms with E-state index in [0.717, 1.165) is 5.56 Å². The Morgan fingerprint density at radius 1 is 1.50 bits per heavy atom. The first-order valence-corrected chi connectivity index (χ1v) is 7.22. The largest absolute Gasteiger partial charge is 0.504 e. The van der Waals surface area contributed by atoms with E-state index in [1.165, 1.54) is 12.5 Å². The molecule has 1 aliphatic rings. The van der Waals surface area contributed by atoms with E-state index in [1.54, 1.807) is 24.3 Å². The third kappa shape index (κ3) is 3.02. The Morgan fingerprint density at radius 3 is 2.89 bits per heavy atom. The number of nitrogens with one attached hydrogen (secondary N) is 1. The molecule has 18 heavy (non-hydrogen) atoms. The number of aromatic hydroxyl groups is 1. The maximum absolute atomic E-state index is 11.2. The minimum absolute atomic E-state index is 0.0876. The summed E-state index contributed by atoms with van der Waals surface area (Å²) in [5.41, 5.74) is 0.919. The molecule has 1 atom stereocenters. The molecule has 0 spiro atoms. The van der Waals surface area contributed by atoms with Crippen LogP contribution in [0, 0.1) is 0 Å². The van der Waals surface area contributed by atoms with Gasteiger partial charge in [-0.25, -0.2) is 8.42 Å². The molecule has 0 bridgehead atoms. The number of sulfone groups is 1. The Hall–Kier alpha value is -1.53. The van der Waals surface area contributed by atoms with Gasteiger partial charge in [0, 0.05) is 18.0 Å². The van der Waals surface area contributed by atoms with Crippen LogP contribution in [0.15, 0.2) is 29.7 Å². The van der Waals surface area contributed by atoms with Crippen molar-refractivity contribution in [2.24, 2.45) is 0 Å². The van der Waals surface area contributed by atoms with Gasteiger partial charge in [-0.2, -0.15) is 0 Å². The zero-order valence-electron chi connectivity index (χ0n) is 9.96. The highest BCUT2D eigenvalue weighted by atomic mass is 32.2. The number of phenolic OH excluding ortho intramolecular Hbond substituents is 1. The molecule has 0 saturated heterocycles. The molecule has 1 aliphatic heterocycles. The lowest BCUT2D eigenvalue weighted by atomic mass is 10.2. The molecular weight excluding hydrogens is 254 g/mol. The lowest BCUT2D eigenvalue weighted by Gasteiger charge is -2.11. The standard InChI is InChI=1S/C12H15NO4S/c1-17-12-6-9(2-3-11(12)14)7-13-10-4-5-18(15,16)8-10/h2-6,10,13-14H,7-8H2,1H3. The Balaban J connectivity index is 1.97. The molecule has 1 unspecified atom stereocenters. The highest BCUT2D eigenvalue weighted by Gasteiger charge is 2.20. The average molecular weight is 269 g/mol. The number of benzene rings is 1. The van der Waals surface area contributed by atoms with Crippen molar-refractivity contribution in [2.75, 3.05) is 12.9 Å². The predicted molar refractivity (Wildman–Crippen MR) is 68.2 cm³/mol. The number of methoxy groups -OCH3 is 1. The third-order valence-corrected chi connectivity index (χ3v) is 4.14. The Kier molecular flexibility index (Phi) is 3.58. The molecule has 2 rings (SSSR count). The summed E-state index contributed by atoms with van der Waals surface area (Å²) in [5, 5.41) is 13.8. The molecule has 0 saturated carbocycles. The first-order chi connectivity index (χ1) is 8.50. The Morgan fingerprint density at radius 2 is 2.28 bits per heavy atom. The summed E-state index contributed by atoms with van der Waals surface area (Å²) in [6.45, 7) is 0.515. The summed E-state index contributed by atoms with van der Waals surface area (Å²) in [6, 6.07) is 4.87. The van der Waals surface area contributed by atoms with Crippen LogP contribution in [0.25, 0.3) is 0 Å². The van der Waals surface area contributed by atoms with Gasteiger partial charge in [0.1, 0.15) is 0 Å². The molecule has 0 aromatic heterocycles. The molecule has 1 aromatic rings. The molecule has 6 heteroatoms. The van der Waals surface area contributed by atoms with E-state index in [4.69, 9.17) is 4.74 Å². The fourth-order valence-corrected chi connectivity index (χ4v) is 3.05. The zero-order valence-corrected chi connectivity index (χ0v) is 10.8. The lowest BCUT2D eigenvalue weighted by Crippen LogP contribution is -2.29. The lowest BCUT2D eigenvalue weighted by molar-refractivity contribution is 0.372. The van der Waals surface area contributed by atoms with Crippen LogP contribution in [-0.4, -0.2) is 32.4 Å². The topological polar surface area (TPSA) is 75.6 Å². The first kappa shape index (κ1) is 12.9. The number of hydrogen-bond donors (Lipinski definition) is 2. The average Bonchev–Trinajstić information content (AvgIpc) is 2.68. The molecule has 0 radical (unpaired) electrons. The molecule has 0 amide bonds. The van der Waals surface area contributed by atoms with Gasteiger partial charge in [0.2, 0.25) is 0 Å². The van der Waals surface area contributed by atoms with E-state index in [1.807, 2.05) is 0 Å². The van der Waals surface area contributed by atoms with Crippen LogP contribution < -0.4 is 10.1 Å². The van der Waals surface area contributed by atoms with Crippen molar-refractivity contribution < 1.29 is 18.3 Å². The second kappa shape index (κ2) is 4.99. The molecular formula is C12H15NO4S. The fraction of sp³-hybridized carbons (Fsp3) is 0.333. The SMILES string of the molecule is COc1cc(CNC2C=CS(=O)(=O)C2)ccc1O. The number of hydrogen-bond acceptors (Lipinski definition) is 5. The van der Waals surface area contributed by atoms with Gasteiger partial charge in [-0.3, -0.25) is 0 Å². The normalized spacial score (nSPS) is 21.1. The van der Waals surface area contributed by atoms with Crippen molar-refractivity contribution in [2.45, 2.75) is 12.6 Å². The second-order valence-corrected chi connectivity index (χ2v) is 6.08. The van der Waals surface area contributed by atoms with Crippen LogP contribution in [0.1, 0.15) is 5.56 Å². The molecule has 0 fully saturated rings. The van der Waals surface area contributed by atoms with Gasteiger partial charge in [-0.05, 0) is 17.7 Å². The van der Waals surface area contributed by atoms with Gasteiger partial charge < -0.3 is 15.2 Å². The number of phenols is 1. The van der Waals surface area contributed by atoms with E-state index in [0.29, 0.717) is 12.3 Å². The molecule has 0 aliphatic carbocycles. The van der Waals surface area contributed by atoms with Crippen molar-refractivity contribution in [3.8, 4) is 11.5 Å². The van der Waals surface area contributed by atoms with E-state index < -0.39 is 9.84 Å². The molecule has 5 nitrogen and oxygen atoms in total. The molecule has 2 N–H and O–H groups in total. The van der Waals surface area contributed by atoms with Crippen LogP contribution in [0.2, 0.25) is 0 Å². The highest BCUT2D eigenvalue weighted by molar-refractivity contribution is 7.94. The summed E-state index contributed by atoms with van der Waals surface area (Å²) >= 11 is 0. The van der Waals surface area contributed by atoms with Crippen LogP contribution in [0.4, 0.5) is 0 Å². The smallest absolute Gasteiger partial charge is 0.173 e. The van der Waals surface area contributed by atoms with E-state index >= 15 is 0 Å². The Labute approximate surface area is 106 Å². The number of rotatable bonds is 4. The van der Waals surface area contributed by atoms with Crippen LogP contribution in [-0.2, 0) is 16.4 Å². The molecule has 98 valence electrons. The van der Waals surface area contributed by atoms with Crippen molar-refractivity contribution in [1.82, 2.24) is 5.32 Å². The third-order valence-electron chi connectivity index (χ3n) is 2.74. The van der Waals surface area contributed by atoms with Gasteiger partial charge in [0.05, 0.1) is 12.9 Å². The second-order valence-electron chi connectivity index (χ2n) is 4.15. The molecule has 1 heterocycles. The maximum Gasteiger partial charge on any atom is 0.173 e. The summed E-state index contributed by atoms with van der Waals surface area (Å²) in [5.74, 6) is 0.593. The van der Waals surface area contributed by atoms with Crippen molar-refractivity contribution in [3.63, 3.8) is 0 Å². The van der Waals surface area contributed by atoms with Crippen LogP contribution >= 0.6 is 0 Å². The molecule has 1 aromatic carbocycles. The highest BCUT2D eigenvalue weighted by Crippen LogP contribution is 2.26. The summed E-state index contributed by atoms with van der Waals surface area (Å²) in [7, 11) is -1.54. The quantitative estimate of drug-likeness (QED) is 0.845. The van der Waals surface area contributed by atoms with Gasteiger partial charge in [-0.1, -0.05) is 12.1 Å². The van der Waals surface area contributed by atoms with Crippen LogP contribution in [0.5, 0.6) is 11.5 Å². The predicted octanol–water partition coefficient (Wildman–Crippen LogP) is 0.801. The van der Waals surface area contributed by atoms with E-state index in [2.05, 4.69) is 5.32 Å². The maximum atomic E-state index is 11.2. The summed E-state index contributed by atoms with van der Waals surface area (Å²) < 4.78 is 27.4. The van der Waals surface area contributed by atoms with Crippen molar-refractivity contribution in [1.29, 1.82) is 0 Å². The minimum Gasteiger partial charge on any atom is -0.504 e. The summed E-state index contributed by atoms with van der Waals surface area (Å²) in [6.07, 6.45) is 1.65. The van der Waals surface area contributed by atoms with Gasteiger partial charge in [-0.15, -0.1) is 0 Å². The fourth-order valence-electron chi connectivity index (χ4n) is 1.78. The van der Waals surface area contributed by atoms with Gasteiger partial charge >= 0.3 is 0 Å². The zero-order chi connectivity index (χ0) is 13.2. The number of ether oxygens (including phenoxy) is 1. The van der Waals surface area contributed by atoms with Crippen LogP contribution in [0.3, 0.4) is 0 Å². The minimum atomic E-state index is -3.03. The first-order valence-electron chi connectivity index (χ1n) is 5.50. The van der Waals surface area contributed by atoms with E-state index in [9.17, 15) is 13.5 Å². The Bertz CT molecular complexity index is 565. The van der Waals surface area contributed by atoms with Crippen molar-refractivity contribution in [3.05, 3.63) is 35.2 Å². The van der Waals surface area contributed by atoms with Crippen molar-refractivity contribution >= 4 is 9.84 Å².